The van der Waals surface area contributed by atoms with Crippen LogP contribution in [0.5, 0.6) is 5.75 Å². The Balaban J connectivity index is 0.879. The lowest BCUT2D eigenvalue weighted by atomic mass is 9.95. The van der Waals surface area contributed by atoms with Crippen molar-refractivity contribution in [3.8, 4) is 5.75 Å². The zero-order chi connectivity index (χ0) is 79.1. The SMILES string of the molecule is CC(=O)N[C@H]1[C@H](OC[C@H]2O[C@@H](OC[C@H]3O[C@@H](OC[C@H]4O[C@@H](OC[C@H]5O[C@@H](OC[C@H]6O[C@@H](OCCCCCCn7cc(COc8ccc([N+](=O)[O-])cc8Cl)nn7)[C@H](NC(C)=O)[C@@H](O)[C@@H]6O)[C@H](NC(C)=O)[C@@H](O)[C@@H]5O)[C@H](NC(C)=O)[C@@H](O)[C@@H]4O)[C@H](NC(C)=O)[C@@H](O)[C@@H]3O)[C@H](NC(C)=O)[C@@H](O)[C@@H]2O)O[C@H](CO)[C@@H](O)[C@@H]1O. The summed E-state index contributed by atoms with van der Waals surface area (Å²) in [5.74, 6) is -4.09. The number of unbranched alkanes of at least 4 members (excludes halogenated alkanes) is 3. The molecule has 6 fully saturated rings. The highest BCUT2D eigenvalue weighted by atomic mass is 35.5. The lowest BCUT2D eigenvalue weighted by Gasteiger charge is -2.47. The summed E-state index contributed by atoms with van der Waals surface area (Å²) in [4.78, 5) is 85.0. The van der Waals surface area contributed by atoms with E-state index in [-0.39, 0.29) is 29.7 Å². The minimum Gasteiger partial charge on any atom is -0.486 e. The number of nitrogens with zero attached hydrogens (tertiary/aromatic N) is 4. The number of halogens is 1. The molecule has 2 aromatic rings. The highest BCUT2D eigenvalue weighted by Gasteiger charge is 2.54. The Kier molecular flexibility index (Phi) is 32.5. The number of rotatable bonds is 34. The number of hydrogen-bond donors (Lipinski definition) is 19. The number of nitro groups is 1. The van der Waals surface area contributed by atoms with Gasteiger partial charge in [-0.25, -0.2) is 0 Å². The van der Waals surface area contributed by atoms with Crippen LogP contribution in [0.1, 0.15) is 72.9 Å². The first-order chi connectivity index (χ1) is 51.1. The quantitative estimate of drug-likeness (QED) is 0.0176. The monoisotopic (exact) mass is 1570 g/mol. The Morgan fingerprint density at radius 3 is 1.05 bits per heavy atom. The van der Waals surface area contributed by atoms with Crippen molar-refractivity contribution in [1.29, 1.82) is 0 Å². The van der Waals surface area contributed by atoms with Crippen molar-refractivity contribution in [1.82, 2.24) is 46.9 Å². The lowest BCUT2D eigenvalue weighted by Crippen LogP contribution is -2.68. The molecule has 6 saturated heterocycles. The summed E-state index contributed by atoms with van der Waals surface area (Å²) in [5, 5.41) is 179. The molecular formula is C63H97ClN10O34. The fraction of sp³-hybridized carbons (Fsp3) is 0.778. The second-order valence-electron chi connectivity index (χ2n) is 26.8. The molecule has 610 valence electrons. The molecule has 0 saturated carbocycles. The predicted octanol–water partition coefficient (Wildman–Crippen LogP) is -9.22. The van der Waals surface area contributed by atoms with Gasteiger partial charge in [-0.3, -0.25) is 43.6 Å². The van der Waals surface area contributed by atoms with E-state index in [0.717, 1.165) is 34.6 Å². The van der Waals surface area contributed by atoms with Crippen molar-refractivity contribution in [2.75, 3.05) is 46.2 Å². The Morgan fingerprint density at radius 1 is 0.454 bits per heavy atom. The third-order valence-corrected chi connectivity index (χ3v) is 18.7. The van der Waals surface area contributed by atoms with Crippen molar-refractivity contribution >= 4 is 52.7 Å². The van der Waals surface area contributed by atoms with Gasteiger partial charge in [0.25, 0.3) is 5.69 Å². The van der Waals surface area contributed by atoms with Gasteiger partial charge in [0.05, 0.1) is 55.8 Å². The Bertz CT molecular complexity index is 3290. The van der Waals surface area contributed by atoms with Gasteiger partial charge in [-0.05, 0) is 18.9 Å². The average molecular weight is 1570 g/mol. The van der Waals surface area contributed by atoms with Crippen LogP contribution in [0.25, 0.3) is 0 Å². The Morgan fingerprint density at radius 2 is 0.750 bits per heavy atom. The van der Waals surface area contributed by atoms with Crippen LogP contribution < -0.4 is 36.6 Å². The summed E-state index contributed by atoms with van der Waals surface area (Å²) in [5.41, 5.74) is 0.286. The molecule has 8 rings (SSSR count). The van der Waals surface area contributed by atoms with Crippen LogP contribution in [0.3, 0.4) is 0 Å². The zero-order valence-electron chi connectivity index (χ0n) is 59.4. The van der Waals surface area contributed by atoms with Gasteiger partial charge in [0, 0.05) is 66.8 Å². The predicted molar refractivity (Wildman–Crippen MR) is 353 cm³/mol. The Labute approximate surface area is 620 Å². The maximum Gasteiger partial charge on any atom is 0.271 e. The van der Waals surface area contributed by atoms with Crippen molar-refractivity contribution in [3.05, 3.63) is 45.2 Å². The van der Waals surface area contributed by atoms with Crippen LogP contribution in [-0.2, 0) is 98.8 Å². The molecule has 44 nitrogen and oxygen atoms in total. The van der Waals surface area contributed by atoms with Crippen LogP contribution in [-0.4, -0.2) is 352 Å². The first-order valence-corrected chi connectivity index (χ1v) is 35.0. The number of carbonyl (C=O) groups excluding carboxylic acids is 6. The van der Waals surface area contributed by atoms with E-state index in [0.29, 0.717) is 37.9 Å². The second kappa shape index (κ2) is 40.2. The number of amides is 6. The minimum atomic E-state index is -1.96. The maximum atomic E-state index is 12.6. The normalized spacial score (nSPS) is 37.1. The van der Waals surface area contributed by atoms with Gasteiger partial charge in [-0.1, -0.05) is 29.7 Å². The van der Waals surface area contributed by atoms with Crippen LogP contribution in [0, 0.1) is 10.1 Å². The first kappa shape index (κ1) is 87.3. The molecule has 45 heteroatoms. The largest absolute Gasteiger partial charge is 0.486 e. The number of aliphatic hydroxyl groups excluding tert-OH is 13. The standard InChI is InChI=1S/C63H97ClN10O34/c1-24(76)65-40-53(89)47(83)35(104-58(40)96-14-10-8-7-9-13-73-16-30(71-72-73)18-97-33-12-11-31(74(94)95)15-32(33)64)19-99-60-42(67-26(3)78)55(91)49(85)37(106-60)21-101-62-44(69-28(5)80)57(93)51(87)39(108-62)23-102-63-45(70-29(6)81)56(92)50(86)38(107-63)22-100-61-43(68-27(4)79)54(90)48(84)36(105-61)20-98-59-41(66-25(2)77)52(88)46(82)34(17-75)103-59/h11-12,15-16,34-63,75,82-93H,7-10,13-14,17-23H2,1-6H3,(H,65,76)(H,66,77)(H,67,78)(H,68,79)(H,69,80)(H,70,81)/t34-,35-,36-,37-,38-,39-,40-,41-,42-,43-,44-,45-,46-,47-,48-,49-,50-,51-,52-,53-,54-,55-,56-,57-,58-,59-,60-,61-,62-,63-/m1/s1. The third-order valence-electron chi connectivity index (χ3n) is 18.4. The van der Waals surface area contributed by atoms with E-state index in [4.69, 9.17) is 73.2 Å². The van der Waals surface area contributed by atoms with E-state index in [1.54, 1.807) is 10.9 Å². The molecule has 0 spiro atoms. The summed E-state index contributed by atoms with van der Waals surface area (Å²) < 4.78 is 78.9. The molecule has 6 aliphatic rings. The number of nitrogens with one attached hydrogen (secondary N) is 6. The molecule has 0 bridgehead atoms. The van der Waals surface area contributed by atoms with Crippen LogP contribution >= 0.6 is 11.6 Å². The topological polar surface area (TPSA) is 631 Å². The molecule has 0 unspecified atom stereocenters. The van der Waals surface area contributed by atoms with Gasteiger partial charge >= 0.3 is 0 Å². The van der Waals surface area contributed by atoms with Gasteiger partial charge in [-0.2, -0.15) is 0 Å². The fourth-order valence-electron chi connectivity index (χ4n) is 12.9. The smallest absolute Gasteiger partial charge is 0.271 e. The molecule has 1 aromatic heterocycles. The summed E-state index contributed by atoms with van der Waals surface area (Å²) in [6.07, 6.45) is -37.8. The number of aryl methyl sites for hydroxylation is 1. The maximum absolute atomic E-state index is 12.6. The van der Waals surface area contributed by atoms with Gasteiger partial charge in [-0.15, -0.1) is 5.10 Å². The van der Waals surface area contributed by atoms with Gasteiger partial charge in [0.15, 0.2) is 37.7 Å². The average Bonchev–Trinajstić information content (AvgIpc) is 0.820. The molecule has 19 N–H and O–H groups in total. The van der Waals surface area contributed by atoms with E-state index in [9.17, 15) is 105 Å². The number of benzene rings is 1. The fourth-order valence-corrected chi connectivity index (χ4v) is 13.1. The van der Waals surface area contributed by atoms with Gasteiger partial charge in [0.2, 0.25) is 35.4 Å². The van der Waals surface area contributed by atoms with Crippen molar-refractivity contribution in [2.24, 2.45) is 0 Å². The summed E-state index contributed by atoms with van der Waals surface area (Å²) in [6.45, 7) is 2.43. The molecule has 108 heavy (non-hydrogen) atoms. The minimum absolute atomic E-state index is 0.00482. The molecule has 7 heterocycles. The van der Waals surface area contributed by atoms with Crippen molar-refractivity contribution < 1.29 is 162 Å². The molecule has 1 aromatic carbocycles. The number of aromatic nitrogens is 3. The molecule has 6 amide bonds. The van der Waals surface area contributed by atoms with E-state index in [1.807, 2.05) is 0 Å². The summed E-state index contributed by atoms with van der Waals surface area (Å²) >= 11 is 6.13. The zero-order valence-corrected chi connectivity index (χ0v) is 60.1. The number of carbonyl (C=O) groups is 6. The molecule has 0 radical (unpaired) electrons. The summed E-state index contributed by atoms with van der Waals surface area (Å²) in [6, 6.07) is -5.28. The second-order valence-corrected chi connectivity index (χ2v) is 27.2. The van der Waals surface area contributed by atoms with Crippen LogP contribution in [0.2, 0.25) is 5.02 Å². The van der Waals surface area contributed by atoms with E-state index in [2.05, 4.69) is 42.2 Å². The summed E-state index contributed by atoms with van der Waals surface area (Å²) in [7, 11) is 0. The number of hydrogen-bond acceptors (Lipinski definition) is 36. The number of non-ortho nitro benzene ring substituents is 1. The molecule has 0 aliphatic carbocycles. The molecule has 6 aliphatic heterocycles. The van der Waals surface area contributed by atoms with Crippen molar-refractivity contribution in [2.45, 2.75) is 264 Å². The van der Waals surface area contributed by atoms with E-state index in [1.165, 1.54) is 25.1 Å². The highest BCUT2D eigenvalue weighted by molar-refractivity contribution is 6.32. The van der Waals surface area contributed by atoms with E-state index >= 15 is 0 Å². The van der Waals surface area contributed by atoms with E-state index < -0.39 is 264 Å². The molecule has 30 atom stereocenters. The van der Waals surface area contributed by atoms with Crippen molar-refractivity contribution in [3.63, 3.8) is 0 Å². The third kappa shape index (κ3) is 22.9. The first-order valence-electron chi connectivity index (χ1n) is 34.6. The number of ether oxygens (including phenoxy) is 13. The number of aliphatic hydroxyl groups is 13. The Hall–Kier alpha value is -6.33. The van der Waals surface area contributed by atoms with Gasteiger partial charge in [0.1, 0.15) is 164 Å². The van der Waals surface area contributed by atoms with Crippen LogP contribution in [0.15, 0.2) is 24.4 Å². The highest BCUT2D eigenvalue weighted by Crippen LogP contribution is 2.34. The van der Waals surface area contributed by atoms with Crippen LogP contribution in [0.4, 0.5) is 5.69 Å². The lowest BCUT2D eigenvalue weighted by molar-refractivity contribution is -0.384. The number of nitro benzene ring substituents is 1. The van der Waals surface area contributed by atoms with Gasteiger partial charge < -0.3 is 160 Å². The molecular weight excluding hydrogens is 1480 g/mol.